The number of anilines is 1. The number of imidazole rings is 1. The SMILES string of the molecule is CC(=O)N(C)Cc1cccc(NC(=O)c2nc(S(C)(=O)=O)n3ccccc23)c1. The number of nitrogens with zero attached hydrogens (tertiary/aromatic N) is 3. The van der Waals surface area contributed by atoms with E-state index in [9.17, 15) is 18.0 Å². The van der Waals surface area contributed by atoms with Crippen LogP contribution in [0, 0.1) is 0 Å². The van der Waals surface area contributed by atoms with Crippen LogP contribution < -0.4 is 5.32 Å². The van der Waals surface area contributed by atoms with E-state index in [1.54, 1.807) is 54.5 Å². The summed E-state index contributed by atoms with van der Waals surface area (Å²) in [6.45, 7) is 1.89. The monoisotopic (exact) mass is 400 g/mol. The molecule has 0 saturated heterocycles. The van der Waals surface area contributed by atoms with E-state index in [-0.39, 0.29) is 16.8 Å². The Bertz CT molecular complexity index is 1170. The Morgan fingerprint density at radius 3 is 2.61 bits per heavy atom. The maximum absolute atomic E-state index is 12.8. The van der Waals surface area contributed by atoms with Gasteiger partial charge in [0.05, 0.1) is 5.52 Å². The van der Waals surface area contributed by atoms with Crippen LogP contribution >= 0.6 is 0 Å². The summed E-state index contributed by atoms with van der Waals surface area (Å²) in [5.41, 5.74) is 1.79. The second kappa shape index (κ2) is 7.43. The van der Waals surface area contributed by atoms with Crippen LogP contribution in [0.4, 0.5) is 5.69 Å². The summed E-state index contributed by atoms with van der Waals surface area (Å²) < 4.78 is 25.4. The van der Waals surface area contributed by atoms with Crippen LogP contribution in [0.15, 0.2) is 53.8 Å². The van der Waals surface area contributed by atoms with E-state index in [1.165, 1.54) is 11.3 Å². The lowest BCUT2D eigenvalue weighted by Crippen LogP contribution is -2.23. The third-order valence-corrected chi connectivity index (χ3v) is 5.16. The van der Waals surface area contributed by atoms with Crippen molar-refractivity contribution in [1.29, 1.82) is 0 Å². The maximum Gasteiger partial charge on any atom is 0.276 e. The lowest BCUT2D eigenvalue weighted by molar-refractivity contribution is -0.128. The molecule has 146 valence electrons. The fourth-order valence-electron chi connectivity index (χ4n) is 2.76. The third kappa shape index (κ3) is 4.04. The zero-order valence-corrected chi connectivity index (χ0v) is 16.5. The quantitative estimate of drug-likeness (QED) is 0.706. The molecule has 1 aromatic carbocycles. The highest BCUT2D eigenvalue weighted by Gasteiger charge is 2.22. The number of carbonyl (C=O) groups excluding carboxylic acids is 2. The van der Waals surface area contributed by atoms with Crippen LogP contribution in [-0.2, 0) is 21.2 Å². The van der Waals surface area contributed by atoms with Crippen LogP contribution in [-0.4, -0.2) is 47.8 Å². The van der Waals surface area contributed by atoms with Crippen molar-refractivity contribution in [2.75, 3.05) is 18.6 Å². The molecule has 0 fully saturated rings. The second-order valence-electron chi connectivity index (χ2n) is 6.50. The molecule has 1 N–H and O–H groups in total. The Hall–Kier alpha value is -3.20. The summed E-state index contributed by atoms with van der Waals surface area (Å²) >= 11 is 0. The maximum atomic E-state index is 12.8. The van der Waals surface area contributed by atoms with Gasteiger partial charge in [-0.25, -0.2) is 13.4 Å². The first-order chi connectivity index (χ1) is 13.2. The van der Waals surface area contributed by atoms with Gasteiger partial charge in [0.2, 0.25) is 20.9 Å². The molecule has 0 aliphatic carbocycles. The van der Waals surface area contributed by atoms with Gasteiger partial charge in [0.15, 0.2) is 5.69 Å². The molecular weight excluding hydrogens is 380 g/mol. The van der Waals surface area contributed by atoms with Gasteiger partial charge in [0.25, 0.3) is 5.91 Å². The van der Waals surface area contributed by atoms with Gasteiger partial charge in [-0.3, -0.25) is 14.0 Å². The highest BCUT2D eigenvalue weighted by atomic mass is 32.2. The van der Waals surface area contributed by atoms with Crippen LogP contribution in [0.2, 0.25) is 0 Å². The molecule has 0 aliphatic rings. The first-order valence-electron chi connectivity index (χ1n) is 8.46. The van der Waals surface area contributed by atoms with Gasteiger partial charge in [0, 0.05) is 38.7 Å². The van der Waals surface area contributed by atoms with E-state index in [4.69, 9.17) is 0 Å². The minimum atomic E-state index is -3.61. The van der Waals surface area contributed by atoms with Gasteiger partial charge in [-0.1, -0.05) is 18.2 Å². The highest BCUT2D eigenvalue weighted by Crippen LogP contribution is 2.19. The number of amides is 2. The molecule has 0 unspecified atom stereocenters. The lowest BCUT2D eigenvalue weighted by atomic mass is 10.2. The average Bonchev–Trinajstić information content (AvgIpc) is 3.02. The van der Waals surface area contributed by atoms with E-state index < -0.39 is 15.7 Å². The Balaban J connectivity index is 1.91. The van der Waals surface area contributed by atoms with Crippen molar-refractivity contribution in [2.24, 2.45) is 0 Å². The van der Waals surface area contributed by atoms with Gasteiger partial charge in [-0.15, -0.1) is 0 Å². The van der Waals surface area contributed by atoms with Crippen molar-refractivity contribution in [3.05, 3.63) is 59.9 Å². The summed E-state index contributed by atoms with van der Waals surface area (Å²) in [5.74, 6) is -0.581. The molecule has 28 heavy (non-hydrogen) atoms. The van der Waals surface area contributed by atoms with Crippen molar-refractivity contribution in [3.8, 4) is 0 Å². The summed E-state index contributed by atoms with van der Waals surface area (Å²) in [6.07, 6.45) is 2.60. The molecule has 2 aromatic heterocycles. The minimum absolute atomic E-state index is 0.0206. The normalized spacial score (nSPS) is 11.4. The Kier molecular flexibility index (Phi) is 5.19. The molecule has 2 amide bonds. The van der Waals surface area contributed by atoms with Crippen LogP contribution in [0.1, 0.15) is 23.0 Å². The molecule has 2 heterocycles. The third-order valence-electron chi connectivity index (χ3n) is 4.20. The zero-order valence-electron chi connectivity index (χ0n) is 15.7. The van der Waals surface area contributed by atoms with E-state index >= 15 is 0 Å². The molecule has 3 rings (SSSR count). The fourth-order valence-corrected chi connectivity index (χ4v) is 3.53. The van der Waals surface area contributed by atoms with E-state index in [2.05, 4.69) is 10.3 Å². The number of rotatable bonds is 5. The number of pyridine rings is 1. The van der Waals surface area contributed by atoms with Gasteiger partial charge < -0.3 is 10.2 Å². The second-order valence-corrected chi connectivity index (χ2v) is 8.41. The van der Waals surface area contributed by atoms with Crippen molar-refractivity contribution in [2.45, 2.75) is 18.6 Å². The average molecular weight is 400 g/mol. The van der Waals surface area contributed by atoms with Crippen molar-refractivity contribution in [3.63, 3.8) is 0 Å². The summed E-state index contributed by atoms with van der Waals surface area (Å²) in [7, 11) is -1.92. The molecule has 0 spiro atoms. The van der Waals surface area contributed by atoms with Crippen molar-refractivity contribution in [1.82, 2.24) is 14.3 Å². The summed E-state index contributed by atoms with van der Waals surface area (Å²) in [4.78, 5) is 29.8. The topological polar surface area (TPSA) is 101 Å². The fraction of sp³-hybridized carbons (Fsp3) is 0.211. The predicted molar refractivity (Wildman–Crippen MR) is 105 cm³/mol. The number of benzene rings is 1. The number of nitrogens with one attached hydrogen (secondary N) is 1. The van der Waals surface area contributed by atoms with Gasteiger partial charge in [-0.2, -0.15) is 0 Å². The molecule has 0 radical (unpaired) electrons. The van der Waals surface area contributed by atoms with Crippen molar-refractivity contribution < 1.29 is 18.0 Å². The first-order valence-corrected chi connectivity index (χ1v) is 10.3. The standard InChI is InChI=1S/C19H20N4O4S/c1-13(24)22(2)12-14-7-6-8-15(11-14)20-18(25)17-16-9-4-5-10-23(16)19(21-17)28(3,26)27/h4-11H,12H2,1-3H3,(H,20,25). The van der Waals surface area contributed by atoms with Crippen LogP contribution in [0.5, 0.6) is 0 Å². The minimum Gasteiger partial charge on any atom is -0.342 e. The molecule has 0 saturated carbocycles. The van der Waals surface area contributed by atoms with E-state index in [1.807, 2.05) is 6.07 Å². The number of sulfone groups is 1. The predicted octanol–water partition coefficient (Wildman–Crippen LogP) is 1.97. The lowest BCUT2D eigenvalue weighted by Gasteiger charge is -2.15. The van der Waals surface area contributed by atoms with Gasteiger partial charge >= 0.3 is 0 Å². The van der Waals surface area contributed by atoms with Crippen LogP contribution in [0.3, 0.4) is 0 Å². The Labute approximate surface area is 162 Å². The highest BCUT2D eigenvalue weighted by molar-refractivity contribution is 7.90. The molecule has 9 heteroatoms. The number of hydrogen-bond donors (Lipinski definition) is 1. The molecule has 0 aliphatic heterocycles. The van der Waals surface area contributed by atoms with Crippen molar-refractivity contribution >= 4 is 32.9 Å². The number of fused-ring (bicyclic) bond motifs is 1. The first kappa shape index (κ1) is 19.6. The van der Waals surface area contributed by atoms with Crippen LogP contribution in [0.25, 0.3) is 5.52 Å². The molecule has 0 atom stereocenters. The largest absolute Gasteiger partial charge is 0.342 e. The Morgan fingerprint density at radius 2 is 1.93 bits per heavy atom. The molecule has 0 bridgehead atoms. The molecule has 3 aromatic rings. The Morgan fingerprint density at radius 1 is 1.18 bits per heavy atom. The van der Waals surface area contributed by atoms with E-state index in [0.717, 1.165) is 11.8 Å². The number of carbonyl (C=O) groups is 2. The summed E-state index contributed by atoms with van der Waals surface area (Å²) in [6, 6.07) is 12.1. The number of aromatic nitrogens is 2. The molecular formula is C19H20N4O4S. The van der Waals surface area contributed by atoms with E-state index in [0.29, 0.717) is 17.7 Å². The zero-order chi connectivity index (χ0) is 20.5. The smallest absolute Gasteiger partial charge is 0.276 e. The van der Waals surface area contributed by atoms with Gasteiger partial charge in [0.1, 0.15) is 0 Å². The molecule has 8 nitrogen and oxygen atoms in total. The summed E-state index contributed by atoms with van der Waals surface area (Å²) in [5, 5.41) is 2.56. The van der Waals surface area contributed by atoms with Gasteiger partial charge in [-0.05, 0) is 29.8 Å². The number of hydrogen-bond acceptors (Lipinski definition) is 5.